The number of hydrogen-bond donors (Lipinski definition) is 1. The van der Waals surface area contributed by atoms with Gasteiger partial charge in [0.25, 0.3) is 0 Å². The van der Waals surface area contributed by atoms with Gasteiger partial charge in [0.05, 0.1) is 18.5 Å². The van der Waals surface area contributed by atoms with Crippen LogP contribution in [0.2, 0.25) is 0 Å². The van der Waals surface area contributed by atoms with Crippen LogP contribution < -0.4 is 10.1 Å². The second-order valence-corrected chi connectivity index (χ2v) is 6.41. The molecule has 146 valence electrons. The van der Waals surface area contributed by atoms with E-state index in [9.17, 15) is 0 Å². The fourth-order valence-corrected chi connectivity index (χ4v) is 3.05. The van der Waals surface area contributed by atoms with Crippen molar-refractivity contribution < 1.29 is 9.57 Å². The lowest BCUT2D eigenvalue weighted by Gasteiger charge is -2.05. The molecule has 0 aliphatic rings. The summed E-state index contributed by atoms with van der Waals surface area (Å²) in [5.74, 6) is 1.34. The first-order valence-corrected chi connectivity index (χ1v) is 9.13. The molecule has 4 aromatic rings. The van der Waals surface area contributed by atoms with E-state index in [0.29, 0.717) is 5.95 Å². The predicted octanol–water partition coefficient (Wildman–Crippen LogP) is 4.52. The topological polar surface area (TPSA) is 73.0 Å². The molecular formula is C22H21N5O2. The molecule has 1 N–H and O–H groups in total. The molecule has 0 atom stereocenters. The van der Waals surface area contributed by atoms with Gasteiger partial charge in [-0.15, -0.1) is 5.10 Å². The van der Waals surface area contributed by atoms with Crippen LogP contribution >= 0.6 is 0 Å². The molecule has 2 aromatic carbocycles. The Labute approximate surface area is 168 Å². The number of rotatable bonds is 6. The molecule has 4 rings (SSSR count). The van der Waals surface area contributed by atoms with Crippen LogP contribution in [0.15, 0.2) is 71.9 Å². The Morgan fingerprint density at radius 3 is 2.41 bits per heavy atom. The number of anilines is 2. The van der Waals surface area contributed by atoms with Gasteiger partial charge < -0.3 is 14.9 Å². The van der Waals surface area contributed by atoms with Crippen LogP contribution in [0.1, 0.15) is 12.5 Å². The van der Waals surface area contributed by atoms with Crippen LogP contribution in [-0.2, 0) is 4.84 Å². The van der Waals surface area contributed by atoms with E-state index in [4.69, 9.17) is 9.57 Å². The van der Waals surface area contributed by atoms with Gasteiger partial charge in [0, 0.05) is 11.3 Å². The number of benzene rings is 2. The molecule has 0 radical (unpaired) electrons. The van der Waals surface area contributed by atoms with Gasteiger partial charge in [-0.25, -0.2) is 4.52 Å². The summed E-state index contributed by atoms with van der Waals surface area (Å²) in [6.45, 7) is 1.90. The number of fused-ring (bicyclic) bond motifs is 1. The van der Waals surface area contributed by atoms with Crippen molar-refractivity contribution in [3.8, 4) is 17.0 Å². The van der Waals surface area contributed by atoms with Crippen molar-refractivity contribution in [2.75, 3.05) is 19.5 Å². The van der Waals surface area contributed by atoms with E-state index in [1.807, 2.05) is 78.2 Å². The maximum Gasteiger partial charge on any atom is 0.247 e. The van der Waals surface area contributed by atoms with E-state index in [1.54, 1.807) is 7.11 Å². The number of nitrogens with one attached hydrogen (secondary N) is 1. The molecule has 0 bridgehead atoms. The summed E-state index contributed by atoms with van der Waals surface area (Å²) in [7, 11) is 3.19. The van der Waals surface area contributed by atoms with Crippen LogP contribution in [0.5, 0.6) is 5.75 Å². The number of nitrogens with zero attached hydrogens (tertiary/aromatic N) is 4. The van der Waals surface area contributed by atoms with Crippen LogP contribution in [0.4, 0.5) is 11.6 Å². The molecule has 0 spiro atoms. The molecule has 2 aromatic heterocycles. The molecule has 0 saturated carbocycles. The maximum absolute atomic E-state index is 5.24. The highest BCUT2D eigenvalue weighted by molar-refractivity contribution is 5.98. The molecule has 0 amide bonds. The number of hydrogen-bond acceptors (Lipinski definition) is 6. The Morgan fingerprint density at radius 2 is 1.72 bits per heavy atom. The zero-order valence-electron chi connectivity index (χ0n) is 16.5. The highest BCUT2D eigenvalue weighted by atomic mass is 16.6. The first-order valence-electron chi connectivity index (χ1n) is 9.13. The standard InChI is InChI=1S/C22H21N5O2/c1-15(26-29-3)16-7-11-18(12-8-16)23-22-24-21-6-4-5-20(27(21)25-22)17-9-13-19(28-2)14-10-17/h4-14H,1-3H3,(H,23,25). The minimum atomic E-state index is 0.529. The SMILES string of the molecule is CON=C(C)c1ccc(Nc2nc3cccc(-c4ccc(OC)cc4)n3n2)cc1. The van der Waals surface area contributed by atoms with Gasteiger partial charge in [-0.05, 0) is 61.0 Å². The quantitative estimate of drug-likeness (QED) is 0.389. The van der Waals surface area contributed by atoms with Crippen LogP contribution in [0.3, 0.4) is 0 Å². The van der Waals surface area contributed by atoms with E-state index in [2.05, 4.69) is 20.6 Å². The fourth-order valence-electron chi connectivity index (χ4n) is 3.05. The smallest absolute Gasteiger partial charge is 0.247 e. The largest absolute Gasteiger partial charge is 0.497 e. The molecule has 2 heterocycles. The highest BCUT2D eigenvalue weighted by Gasteiger charge is 2.09. The fraction of sp³-hybridized carbons (Fsp3) is 0.136. The van der Waals surface area contributed by atoms with Crippen molar-refractivity contribution in [2.24, 2.45) is 5.16 Å². The summed E-state index contributed by atoms with van der Waals surface area (Å²) in [6.07, 6.45) is 0. The molecule has 0 unspecified atom stereocenters. The molecule has 0 aliphatic carbocycles. The van der Waals surface area contributed by atoms with Gasteiger partial charge in [-0.1, -0.05) is 23.4 Å². The minimum Gasteiger partial charge on any atom is -0.497 e. The molecular weight excluding hydrogens is 366 g/mol. The summed E-state index contributed by atoms with van der Waals surface area (Å²) in [5.41, 5.74) is 5.44. The third-order valence-corrected chi connectivity index (χ3v) is 4.53. The molecule has 0 saturated heterocycles. The molecule has 7 heteroatoms. The Kier molecular flexibility index (Phi) is 5.11. The Bertz CT molecular complexity index is 1150. The second kappa shape index (κ2) is 8.02. The normalized spacial score (nSPS) is 11.5. The first kappa shape index (κ1) is 18.5. The zero-order valence-corrected chi connectivity index (χ0v) is 16.5. The first-order chi connectivity index (χ1) is 14.2. The van der Waals surface area contributed by atoms with Gasteiger partial charge in [-0.2, -0.15) is 4.98 Å². The van der Waals surface area contributed by atoms with Crippen molar-refractivity contribution >= 4 is 23.0 Å². The van der Waals surface area contributed by atoms with Crippen LogP contribution in [0, 0.1) is 0 Å². The minimum absolute atomic E-state index is 0.529. The van der Waals surface area contributed by atoms with Crippen molar-refractivity contribution in [2.45, 2.75) is 6.92 Å². The third kappa shape index (κ3) is 3.89. The van der Waals surface area contributed by atoms with E-state index in [0.717, 1.165) is 39.6 Å². The highest BCUT2D eigenvalue weighted by Crippen LogP contribution is 2.24. The second-order valence-electron chi connectivity index (χ2n) is 6.41. The van der Waals surface area contributed by atoms with Crippen LogP contribution in [-0.4, -0.2) is 34.5 Å². The predicted molar refractivity (Wildman–Crippen MR) is 114 cm³/mol. The number of pyridine rings is 1. The van der Waals surface area contributed by atoms with Crippen molar-refractivity contribution in [3.05, 3.63) is 72.3 Å². The van der Waals surface area contributed by atoms with Crippen LogP contribution in [0.25, 0.3) is 16.9 Å². The lowest BCUT2D eigenvalue weighted by Crippen LogP contribution is -1.98. The molecule has 0 aliphatic heterocycles. The average molecular weight is 387 g/mol. The van der Waals surface area contributed by atoms with Gasteiger partial charge in [0.1, 0.15) is 12.9 Å². The number of oxime groups is 1. The van der Waals surface area contributed by atoms with E-state index >= 15 is 0 Å². The molecule has 0 fully saturated rings. The monoisotopic (exact) mass is 387 g/mol. The number of ether oxygens (including phenoxy) is 1. The van der Waals surface area contributed by atoms with Gasteiger partial charge in [-0.3, -0.25) is 0 Å². The zero-order chi connectivity index (χ0) is 20.2. The number of aromatic nitrogens is 3. The summed E-state index contributed by atoms with van der Waals surface area (Å²) in [4.78, 5) is 9.41. The van der Waals surface area contributed by atoms with E-state index in [1.165, 1.54) is 7.11 Å². The van der Waals surface area contributed by atoms with Gasteiger partial charge >= 0.3 is 0 Å². The summed E-state index contributed by atoms with van der Waals surface area (Å²) < 4.78 is 7.07. The Morgan fingerprint density at radius 1 is 0.966 bits per heavy atom. The molecule has 29 heavy (non-hydrogen) atoms. The maximum atomic E-state index is 5.24. The van der Waals surface area contributed by atoms with E-state index < -0.39 is 0 Å². The van der Waals surface area contributed by atoms with Gasteiger partial charge in [0.2, 0.25) is 5.95 Å². The van der Waals surface area contributed by atoms with Crippen molar-refractivity contribution in [1.82, 2.24) is 14.6 Å². The van der Waals surface area contributed by atoms with E-state index in [-0.39, 0.29) is 0 Å². The lowest BCUT2D eigenvalue weighted by atomic mass is 10.1. The van der Waals surface area contributed by atoms with Gasteiger partial charge in [0.15, 0.2) is 5.65 Å². The summed E-state index contributed by atoms with van der Waals surface area (Å²) >= 11 is 0. The van der Waals surface area contributed by atoms with Crippen molar-refractivity contribution in [1.29, 1.82) is 0 Å². The Hall–Kier alpha value is -3.87. The third-order valence-electron chi connectivity index (χ3n) is 4.53. The summed E-state index contributed by atoms with van der Waals surface area (Å²) in [6, 6.07) is 21.6. The summed E-state index contributed by atoms with van der Waals surface area (Å²) in [5, 5.41) is 11.8. The average Bonchev–Trinajstić information content (AvgIpc) is 3.17. The Balaban J connectivity index is 1.61. The number of methoxy groups -OCH3 is 1. The van der Waals surface area contributed by atoms with Crippen molar-refractivity contribution in [3.63, 3.8) is 0 Å². The molecule has 7 nitrogen and oxygen atoms in total. The lowest BCUT2D eigenvalue weighted by molar-refractivity contribution is 0.213.